The van der Waals surface area contributed by atoms with E-state index in [9.17, 15) is 13.2 Å². The Morgan fingerprint density at radius 1 is 1.36 bits per heavy atom. The molecule has 2 saturated heterocycles. The van der Waals surface area contributed by atoms with Gasteiger partial charge in [-0.2, -0.15) is 0 Å². The first-order valence-electron chi connectivity index (χ1n) is 7.65. The van der Waals surface area contributed by atoms with Gasteiger partial charge in [0.2, 0.25) is 0 Å². The molecule has 3 rings (SSSR count). The maximum absolute atomic E-state index is 12.8. The van der Waals surface area contributed by atoms with E-state index < -0.39 is 9.84 Å². The molecule has 120 valence electrons. The van der Waals surface area contributed by atoms with Crippen molar-refractivity contribution in [3.8, 4) is 0 Å². The number of rotatable bonds is 3. The maximum Gasteiger partial charge on any atom is 0.257 e. The molecule has 0 aliphatic carbocycles. The number of sulfone groups is 1. The Morgan fingerprint density at radius 3 is 2.73 bits per heavy atom. The van der Waals surface area contributed by atoms with Gasteiger partial charge in [-0.1, -0.05) is 0 Å². The van der Waals surface area contributed by atoms with E-state index in [0.717, 1.165) is 31.7 Å². The number of anilines is 1. The van der Waals surface area contributed by atoms with Gasteiger partial charge in [0.25, 0.3) is 5.91 Å². The molecule has 22 heavy (non-hydrogen) atoms. The fraction of sp³-hybridized carbons (Fsp3) is 0.600. The molecule has 0 saturated carbocycles. The molecule has 1 atom stereocenters. The third kappa shape index (κ3) is 2.95. The molecule has 3 heterocycles. The third-order valence-corrected chi connectivity index (χ3v) is 6.25. The van der Waals surface area contributed by atoms with Crippen molar-refractivity contribution in [1.29, 1.82) is 0 Å². The molecule has 2 aliphatic rings. The smallest absolute Gasteiger partial charge is 0.257 e. The molecule has 0 unspecified atom stereocenters. The van der Waals surface area contributed by atoms with Crippen LogP contribution in [0, 0.1) is 0 Å². The second-order valence-electron chi connectivity index (χ2n) is 6.04. The first kappa shape index (κ1) is 15.3. The Balaban J connectivity index is 1.83. The minimum atomic E-state index is -3.00. The predicted octanol–water partition coefficient (Wildman–Crippen LogP) is 0.941. The lowest BCUT2D eigenvalue weighted by atomic mass is 10.1. The highest BCUT2D eigenvalue weighted by Crippen LogP contribution is 2.25. The maximum atomic E-state index is 12.8. The van der Waals surface area contributed by atoms with E-state index in [1.807, 2.05) is 0 Å². The standard InChI is InChI=1S/C15H21N3O3S/c1-17(12-6-10-22(20,21)11-12)15(19)13-5-4-7-16-14(13)18-8-2-3-9-18/h4-5,7,12H,2-3,6,8-11H2,1H3/t12-/m1/s1. The minimum absolute atomic E-state index is 0.0640. The zero-order valence-electron chi connectivity index (χ0n) is 12.7. The molecule has 0 N–H and O–H groups in total. The van der Waals surface area contributed by atoms with Gasteiger partial charge in [0.15, 0.2) is 9.84 Å². The van der Waals surface area contributed by atoms with Crippen LogP contribution in [0.2, 0.25) is 0 Å². The molecular formula is C15H21N3O3S. The number of nitrogens with zero attached hydrogens (tertiary/aromatic N) is 3. The van der Waals surface area contributed by atoms with Crippen LogP contribution < -0.4 is 4.90 Å². The second kappa shape index (κ2) is 5.87. The molecule has 1 aromatic rings. The second-order valence-corrected chi connectivity index (χ2v) is 8.27. The van der Waals surface area contributed by atoms with Crippen LogP contribution in [0.15, 0.2) is 18.3 Å². The van der Waals surface area contributed by atoms with Crippen LogP contribution in [0.25, 0.3) is 0 Å². The van der Waals surface area contributed by atoms with Crippen molar-refractivity contribution in [3.05, 3.63) is 23.9 Å². The molecule has 6 nitrogen and oxygen atoms in total. The normalized spacial score (nSPS) is 23.7. The quantitative estimate of drug-likeness (QED) is 0.828. The van der Waals surface area contributed by atoms with E-state index in [1.165, 1.54) is 0 Å². The number of pyridine rings is 1. The Labute approximate surface area is 131 Å². The Kier molecular flexibility index (Phi) is 4.08. The monoisotopic (exact) mass is 323 g/mol. The van der Waals surface area contributed by atoms with Crippen LogP contribution in [-0.4, -0.2) is 61.9 Å². The summed E-state index contributed by atoms with van der Waals surface area (Å²) in [6.45, 7) is 1.83. The van der Waals surface area contributed by atoms with E-state index in [-0.39, 0.29) is 23.5 Å². The summed E-state index contributed by atoms with van der Waals surface area (Å²) in [5.41, 5.74) is 0.566. The average molecular weight is 323 g/mol. The van der Waals surface area contributed by atoms with E-state index >= 15 is 0 Å². The molecule has 0 aromatic carbocycles. The molecule has 7 heteroatoms. The van der Waals surface area contributed by atoms with E-state index in [2.05, 4.69) is 9.88 Å². The van der Waals surface area contributed by atoms with Crippen molar-refractivity contribution < 1.29 is 13.2 Å². The summed E-state index contributed by atoms with van der Waals surface area (Å²) in [6, 6.07) is 3.30. The minimum Gasteiger partial charge on any atom is -0.356 e. The fourth-order valence-corrected chi connectivity index (χ4v) is 4.96. The van der Waals surface area contributed by atoms with Crippen LogP contribution in [-0.2, 0) is 9.84 Å². The van der Waals surface area contributed by atoms with Gasteiger partial charge in [-0.25, -0.2) is 13.4 Å². The zero-order chi connectivity index (χ0) is 15.7. The average Bonchev–Trinajstić information content (AvgIpc) is 3.15. The van der Waals surface area contributed by atoms with Crippen molar-refractivity contribution in [1.82, 2.24) is 9.88 Å². The van der Waals surface area contributed by atoms with Crippen molar-refractivity contribution in [2.45, 2.75) is 25.3 Å². The van der Waals surface area contributed by atoms with Gasteiger partial charge in [0.05, 0.1) is 17.1 Å². The Bertz CT molecular complexity index is 668. The van der Waals surface area contributed by atoms with Crippen molar-refractivity contribution in [3.63, 3.8) is 0 Å². The number of aromatic nitrogens is 1. The van der Waals surface area contributed by atoms with Crippen LogP contribution in [0.4, 0.5) is 5.82 Å². The lowest BCUT2D eigenvalue weighted by Gasteiger charge is -2.26. The summed E-state index contributed by atoms with van der Waals surface area (Å²) in [7, 11) is -1.31. The molecule has 0 bridgehead atoms. The van der Waals surface area contributed by atoms with E-state index in [4.69, 9.17) is 0 Å². The summed E-state index contributed by atoms with van der Waals surface area (Å²) < 4.78 is 23.2. The van der Waals surface area contributed by atoms with Gasteiger partial charge in [0, 0.05) is 32.4 Å². The Morgan fingerprint density at radius 2 is 2.09 bits per heavy atom. The number of hydrogen-bond acceptors (Lipinski definition) is 5. The van der Waals surface area contributed by atoms with Gasteiger partial charge in [-0.3, -0.25) is 4.79 Å². The highest BCUT2D eigenvalue weighted by atomic mass is 32.2. The highest BCUT2D eigenvalue weighted by molar-refractivity contribution is 7.91. The number of carbonyl (C=O) groups is 1. The first-order chi connectivity index (χ1) is 10.5. The van der Waals surface area contributed by atoms with Gasteiger partial charge in [-0.15, -0.1) is 0 Å². The lowest BCUT2D eigenvalue weighted by Crippen LogP contribution is -2.38. The molecular weight excluding hydrogens is 302 g/mol. The summed E-state index contributed by atoms with van der Waals surface area (Å²) in [5.74, 6) is 0.811. The first-order valence-corrected chi connectivity index (χ1v) is 9.47. The van der Waals surface area contributed by atoms with Crippen molar-refractivity contribution in [2.75, 3.05) is 36.5 Å². The lowest BCUT2D eigenvalue weighted by molar-refractivity contribution is 0.0748. The van der Waals surface area contributed by atoms with Gasteiger partial charge in [0.1, 0.15) is 5.82 Å². The van der Waals surface area contributed by atoms with Crippen LogP contribution in [0.1, 0.15) is 29.6 Å². The zero-order valence-corrected chi connectivity index (χ0v) is 13.6. The SMILES string of the molecule is CN(C(=O)c1cccnc1N1CCCC1)[C@@H]1CCS(=O)(=O)C1. The molecule has 0 spiro atoms. The predicted molar refractivity (Wildman–Crippen MR) is 84.8 cm³/mol. The summed E-state index contributed by atoms with van der Waals surface area (Å²) in [5, 5.41) is 0. The summed E-state index contributed by atoms with van der Waals surface area (Å²) in [4.78, 5) is 20.9. The molecule has 2 fully saturated rings. The van der Waals surface area contributed by atoms with Gasteiger partial charge in [-0.05, 0) is 31.4 Å². The topological polar surface area (TPSA) is 70.6 Å². The molecule has 0 radical (unpaired) electrons. The summed E-state index contributed by atoms with van der Waals surface area (Å²) >= 11 is 0. The van der Waals surface area contributed by atoms with Crippen LogP contribution in [0.5, 0.6) is 0 Å². The Hall–Kier alpha value is -1.63. The molecule has 1 amide bonds. The highest BCUT2D eigenvalue weighted by Gasteiger charge is 2.34. The largest absolute Gasteiger partial charge is 0.356 e. The van der Waals surface area contributed by atoms with Crippen LogP contribution in [0.3, 0.4) is 0 Å². The number of carbonyl (C=O) groups excluding carboxylic acids is 1. The third-order valence-electron chi connectivity index (χ3n) is 4.50. The fourth-order valence-electron chi connectivity index (χ4n) is 3.18. The van der Waals surface area contributed by atoms with Crippen LogP contribution >= 0.6 is 0 Å². The van der Waals surface area contributed by atoms with E-state index in [0.29, 0.717) is 12.0 Å². The number of amides is 1. The number of hydrogen-bond donors (Lipinski definition) is 0. The van der Waals surface area contributed by atoms with E-state index in [1.54, 1.807) is 30.3 Å². The molecule has 2 aliphatic heterocycles. The van der Waals surface area contributed by atoms with Crippen molar-refractivity contribution >= 4 is 21.6 Å². The summed E-state index contributed by atoms with van der Waals surface area (Å²) in [6.07, 6.45) is 4.44. The van der Waals surface area contributed by atoms with Gasteiger partial charge < -0.3 is 9.80 Å². The van der Waals surface area contributed by atoms with Gasteiger partial charge >= 0.3 is 0 Å². The van der Waals surface area contributed by atoms with Crippen molar-refractivity contribution in [2.24, 2.45) is 0 Å². The molecule has 1 aromatic heterocycles.